The lowest BCUT2D eigenvalue weighted by atomic mass is 10.0. The van der Waals surface area contributed by atoms with Crippen molar-refractivity contribution in [2.45, 2.75) is 46.1 Å². The molecule has 0 fully saturated rings. The third kappa shape index (κ3) is 6.04. The third-order valence-electron chi connectivity index (χ3n) is 2.37. The normalized spacial score (nSPS) is 11.9. The first-order chi connectivity index (χ1) is 8.78. The lowest BCUT2D eigenvalue weighted by molar-refractivity contribution is 0.0529. The van der Waals surface area contributed by atoms with Crippen molar-refractivity contribution < 1.29 is 9.53 Å². The van der Waals surface area contributed by atoms with Gasteiger partial charge in [-0.25, -0.2) is 10.2 Å². The standard InChI is InChI=1S/C15H22N2O2/c1-11(2)13-8-6-12(7-9-13)10-16-17-14(18)19-15(3,4)5/h6-11H,1-5H3,(H,17,18). The topological polar surface area (TPSA) is 50.7 Å². The van der Waals surface area contributed by atoms with E-state index in [9.17, 15) is 4.79 Å². The number of hydrogen-bond acceptors (Lipinski definition) is 3. The summed E-state index contributed by atoms with van der Waals surface area (Å²) >= 11 is 0. The molecule has 104 valence electrons. The van der Waals surface area contributed by atoms with Gasteiger partial charge < -0.3 is 4.74 Å². The Morgan fingerprint density at radius 1 is 1.26 bits per heavy atom. The molecule has 1 N–H and O–H groups in total. The number of ether oxygens (including phenoxy) is 1. The number of hydrogen-bond donors (Lipinski definition) is 1. The molecule has 1 aromatic rings. The fourth-order valence-electron chi connectivity index (χ4n) is 1.43. The van der Waals surface area contributed by atoms with Gasteiger partial charge in [-0.05, 0) is 37.8 Å². The maximum Gasteiger partial charge on any atom is 0.428 e. The number of rotatable bonds is 3. The summed E-state index contributed by atoms with van der Waals surface area (Å²) < 4.78 is 5.06. The highest BCUT2D eigenvalue weighted by molar-refractivity contribution is 5.80. The molecule has 0 aliphatic rings. The zero-order valence-electron chi connectivity index (χ0n) is 12.2. The van der Waals surface area contributed by atoms with Gasteiger partial charge in [-0.1, -0.05) is 38.1 Å². The van der Waals surface area contributed by atoms with E-state index in [0.717, 1.165) is 5.56 Å². The smallest absolute Gasteiger partial charge is 0.428 e. The van der Waals surface area contributed by atoms with Crippen molar-refractivity contribution in [3.05, 3.63) is 35.4 Å². The summed E-state index contributed by atoms with van der Waals surface area (Å²) in [6, 6.07) is 8.05. The highest BCUT2D eigenvalue weighted by Gasteiger charge is 2.15. The van der Waals surface area contributed by atoms with Gasteiger partial charge in [0.1, 0.15) is 5.60 Å². The minimum atomic E-state index is -0.553. The van der Waals surface area contributed by atoms with Crippen LogP contribution in [-0.2, 0) is 4.74 Å². The molecule has 1 aromatic carbocycles. The van der Waals surface area contributed by atoms with Crippen LogP contribution < -0.4 is 5.43 Å². The van der Waals surface area contributed by atoms with Crippen molar-refractivity contribution >= 4 is 12.3 Å². The minimum absolute atomic E-state index is 0.505. The molecule has 1 amide bonds. The van der Waals surface area contributed by atoms with E-state index < -0.39 is 11.7 Å². The van der Waals surface area contributed by atoms with Gasteiger partial charge in [0.05, 0.1) is 6.21 Å². The van der Waals surface area contributed by atoms with Gasteiger partial charge >= 0.3 is 6.09 Å². The average molecular weight is 262 g/mol. The van der Waals surface area contributed by atoms with Gasteiger partial charge in [0.15, 0.2) is 0 Å². The molecule has 1 rings (SSSR count). The maximum absolute atomic E-state index is 11.3. The second-order valence-corrected chi connectivity index (χ2v) is 5.69. The number of carbonyl (C=O) groups is 1. The molecular formula is C15H22N2O2. The van der Waals surface area contributed by atoms with Gasteiger partial charge in [0, 0.05) is 0 Å². The molecule has 0 aliphatic carbocycles. The predicted molar refractivity (Wildman–Crippen MR) is 77.5 cm³/mol. The van der Waals surface area contributed by atoms with E-state index in [4.69, 9.17) is 4.74 Å². The average Bonchev–Trinajstić information content (AvgIpc) is 2.27. The third-order valence-corrected chi connectivity index (χ3v) is 2.37. The monoisotopic (exact) mass is 262 g/mol. The Labute approximate surface area is 114 Å². The Kier molecular flexibility index (Phi) is 5.10. The lowest BCUT2D eigenvalue weighted by Gasteiger charge is -2.18. The van der Waals surface area contributed by atoms with E-state index in [1.165, 1.54) is 5.56 Å². The Balaban J connectivity index is 2.51. The first-order valence-corrected chi connectivity index (χ1v) is 6.40. The Morgan fingerprint density at radius 3 is 2.32 bits per heavy atom. The zero-order valence-corrected chi connectivity index (χ0v) is 12.2. The summed E-state index contributed by atoms with van der Waals surface area (Å²) in [7, 11) is 0. The van der Waals surface area contributed by atoms with Crippen molar-refractivity contribution in [2.24, 2.45) is 5.10 Å². The van der Waals surface area contributed by atoms with Gasteiger partial charge in [-0.3, -0.25) is 0 Å². The summed E-state index contributed by atoms with van der Waals surface area (Å²) in [5.74, 6) is 0.505. The van der Waals surface area contributed by atoms with Crippen molar-refractivity contribution in [1.82, 2.24) is 5.43 Å². The SMILES string of the molecule is CC(C)c1ccc(C=NNC(=O)OC(C)(C)C)cc1. The van der Waals surface area contributed by atoms with Crippen molar-refractivity contribution in [3.8, 4) is 0 Å². The first kappa shape index (κ1) is 15.2. The van der Waals surface area contributed by atoms with Crippen LogP contribution in [0.5, 0.6) is 0 Å². The van der Waals surface area contributed by atoms with Crippen LogP contribution in [0.15, 0.2) is 29.4 Å². The second-order valence-electron chi connectivity index (χ2n) is 5.69. The molecule has 0 radical (unpaired) electrons. The fraction of sp³-hybridized carbons (Fsp3) is 0.467. The second kappa shape index (κ2) is 6.36. The molecule has 19 heavy (non-hydrogen) atoms. The summed E-state index contributed by atoms with van der Waals surface area (Å²) in [5.41, 5.74) is 4.02. The lowest BCUT2D eigenvalue weighted by Crippen LogP contribution is -2.29. The molecule has 0 heterocycles. The predicted octanol–water partition coefficient (Wildman–Crippen LogP) is 3.67. The van der Waals surface area contributed by atoms with Crippen molar-refractivity contribution in [2.75, 3.05) is 0 Å². The molecule has 0 saturated carbocycles. The maximum atomic E-state index is 11.3. The summed E-state index contributed by atoms with van der Waals surface area (Å²) in [4.78, 5) is 11.3. The molecular weight excluding hydrogens is 240 g/mol. The molecule has 0 atom stereocenters. The molecule has 0 aromatic heterocycles. The number of nitrogens with zero attached hydrogens (tertiary/aromatic N) is 1. The number of hydrazone groups is 1. The highest BCUT2D eigenvalue weighted by atomic mass is 16.6. The Hall–Kier alpha value is -1.84. The van der Waals surface area contributed by atoms with E-state index in [2.05, 4.69) is 36.5 Å². The van der Waals surface area contributed by atoms with E-state index in [1.54, 1.807) is 27.0 Å². The van der Waals surface area contributed by atoms with Crippen LogP contribution in [0.2, 0.25) is 0 Å². The van der Waals surface area contributed by atoms with Gasteiger partial charge in [-0.15, -0.1) is 0 Å². The molecule has 0 aliphatic heterocycles. The number of amides is 1. The van der Waals surface area contributed by atoms with E-state index in [-0.39, 0.29) is 0 Å². The largest absolute Gasteiger partial charge is 0.443 e. The summed E-state index contributed by atoms with van der Waals surface area (Å²) in [5, 5.41) is 3.85. The van der Waals surface area contributed by atoms with E-state index in [0.29, 0.717) is 5.92 Å². The van der Waals surface area contributed by atoms with Gasteiger partial charge in [0.25, 0.3) is 0 Å². The van der Waals surface area contributed by atoms with Crippen LogP contribution in [0.4, 0.5) is 4.79 Å². The highest BCUT2D eigenvalue weighted by Crippen LogP contribution is 2.13. The van der Waals surface area contributed by atoms with Crippen molar-refractivity contribution in [3.63, 3.8) is 0 Å². The van der Waals surface area contributed by atoms with Gasteiger partial charge in [0.2, 0.25) is 0 Å². The van der Waals surface area contributed by atoms with Crippen LogP contribution in [-0.4, -0.2) is 17.9 Å². The van der Waals surface area contributed by atoms with Crippen LogP contribution in [0.25, 0.3) is 0 Å². The molecule has 0 unspecified atom stereocenters. The van der Waals surface area contributed by atoms with Gasteiger partial charge in [-0.2, -0.15) is 5.10 Å². The summed E-state index contributed by atoms with van der Waals surface area (Å²) in [6.07, 6.45) is 1.04. The van der Waals surface area contributed by atoms with Crippen LogP contribution in [0.3, 0.4) is 0 Å². The Bertz CT molecular complexity index is 442. The van der Waals surface area contributed by atoms with E-state index >= 15 is 0 Å². The molecule has 4 nitrogen and oxygen atoms in total. The quantitative estimate of drug-likeness (QED) is 0.667. The number of nitrogens with one attached hydrogen (secondary N) is 1. The first-order valence-electron chi connectivity index (χ1n) is 6.40. The summed E-state index contributed by atoms with van der Waals surface area (Å²) in [6.45, 7) is 9.71. The number of benzene rings is 1. The van der Waals surface area contributed by atoms with E-state index in [1.807, 2.05) is 12.1 Å². The number of carbonyl (C=O) groups excluding carboxylic acids is 1. The minimum Gasteiger partial charge on any atom is -0.443 e. The molecule has 0 saturated heterocycles. The fourth-order valence-corrected chi connectivity index (χ4v) is 1.43. The van der Waals surface area contributed by atoms with Crippen LogP contribution in [0.1, 0.15) is 51.7 Å². The zero-order chi connectivity index (χ0) is 14.5. The van der Waals surface area contributed by atoms with Crippen molar-refractivity contribution in [1.29, 1.82) is 0 Å². The van der Waals surface area contributed by atoms with Crippen LogP contribution >= 0.6 is 0 Å². The molecule has 0 bridgehead atoms. The molecule has 4 heteroatoms. The molecule has 0 spiro atoms. The van der Waals surface area contributed by atoms with Crippen LogP contribution in [0, 0.1) is 0 Å². The Morgan fingerprint density at radius 2 is 1.84 bits per heavy atom.